The van der Waals surface area contributed by atoms with E-state index in [-0.39, 0.29) is 29.3 Å². The van der Waals surface area contributed by atoms with Gasteiger partial charge in [-0.2, -0.15) is 0 Å². The molecule has 0 aliphatic heterocycles. The summed E-state index contributed by atoms with van der Waals surface area (Å²) >= 11 is 1.18. The lowest BCUT2D eigenvalue weighted by atomic mass is 10.2. The Labute approximate surface area is 210 Å². The molecule has 2 heterocycles. The molecule has 0 aliphatic rings. The lowest BCUT2D eigenvalue weighted by Gasteiger charge is -2.14. The third-order valence-corrected chi connectivity index (χ3v) is 6.63. The van der Waals surface area contributed by atoms with Gasteiger partial charge in [0.25, 0.3) is 5.56 Å². The molecule has 0 spiro atoms. The molecule has 0 aliphatic carbocycles. The number of anilines is 1. The minimum Gasteiger partial charge on any atom is -0.497 e. The number of thioether (sulfide) groups is 1. The zero-order valence-electron chi connectivity index (χ0n) is 19.7. The monoisotopic (exact) mass is 501 g/mol. The van der Waals surface area contributed by atoms with Crippen LogP contribution in [-0.4, -0.2) is 35.4 Å². The maximum absolute atomic E-state index is 13.6. The minimum atomic E-state index is -0.321. The van der Waals surface area contributed by atoms with E-state index in [2.05, 4.69) is 5.32 Å². The van der Waals surface area contributed by atoms with E-state index in [4.69, 9.17) is 18.9 Å². The summed E-state index contributed by atoms with van der Waals surface area (Å²) < 4.78 is 18.1. The molecule has 0 atom stereocenters. The van der Waals surface area contributed by atoms with Crippen LogP contribution in [0.15, 0.2) is 87.2 Å². The number of aromatic nitrogens is 2. The molecule has 8 nitrogen and oxygen atoms in total. The van der Waals surface area contributed by atoms with E-state index in [0.717, 1.165) is 10.9 Å². The quantitative estimate of drug-likeness (QED) is 0.238. The Hall–Kier alpha value is -4.24. The number of rotatable bonds is 8. The van der Waals surface area contributed by atoms with E-state index < -0.39 is 0 Å². The first-order valence-corrected chi connectivity index (χ1v) is 12.2. The second-order valence-corrected chi connectivity index (χ2v) is 8.88. The van der Waals surface area contributed by atoms with Crippen LogP contribution >= 0.6 is 11.8 Å². The van der Waals surface area contributed by atoms with E-state index in [9.17, 15) is 9.59 Å². The number of carbonyl (C=O) groups is 1. The largest absolute Gasteiger partial charge is 0.497 e. The average molecular weight is 502 g/mol. The summed E-state index contributed by atoms with van der Waals surface area (Å²) in [6, 6.07) is 22.0. The van der Waals surface area contributed by atoms with Crippen LogP contribution < -0.4 is 20.3 Å². The van der Waals surface area contributed by atoms with Crippen molar-refractivity contribution in [3.8, 4) is 11.5 Å². The summed E-state index contributed by atoms with van der Waals surface area (Å²) in [7, 11) is 3.15. The molecule has 2 aromatic heterocycles. The highest BCUT2D eigenvalue weighted by Gasteiger charge is 2.20. The van der Waals surface area contributed by atoms with Gasteiger partial charge in [-0.05, 0) is 30.3 Å². The predicted molar refractivity (Wildman–Crippen MR) is 140 cm³/mol. The maximum Gasteiger partial charge on any atom is 0.298 e. The number of para-hydroxylation sites is 2. The molecular formula is C27H23N3O5S. The van der Waals surface area contributed by atoms with E-state index in [0.29, 0.717) is 33.4 Å². The first-order chi connectivity index (χ1) is 17.6. The Morgan fingerprint density at radius 3 is 2.67 bits per heavy atom. The third kappa shape index (κ3) is 4.65. The molecule has 0 bridgehead atoms. The number of amides is 1. The van der Waals surface area contributed by atoms with Crippen LogP contribution in [0.2, 0.25) is 0 Å². The topological polar surface area (TPSA) is 95.6 Å². The maximum atomic E-state index is 13.6. The first-order valence-electron chi connectivity index (χ1n) is 11.2. The molecule has 9 heteroatoms. The fraction of sp³-hybridized carbons (Fsp3) is 0.148. The van der Waals surface area contributed by atoms with Crippen molar-refractivity contribution >= 4 is 45.4 Å². The van der Waals surface area contributed by atoms with E-state index in [1.54, 1.807) is 44.6 Å². The lowest BCUT2D eigenvalue weighted by Crippen LogP contribution is -2.24. The van der Waals surface area contributed by atoms with Crippen molar-refractivity contribution in [2.45, 2.75) is 11.7 Å². The van der Waals surface area contributed by atoms with E-state index >= 15 is 0 Å². The van der Waals surface area contributed by atoms with Crippen LogP contribution in [0.25, 0.3) is 22.1 Å². The summed E-state index contributed by atoms with van der Waals surface area (Å²) in [6.45, 7) is 0.211. The van der Waals surface area contributed by atoms with Gasteiger partial charge in [-0.25, -0.2) is 4.98 Å². The Morgan fingerprint density at radius 1 is 1.03 bits per heavy atom. The first kappa shape index (κ1) is 23.5. The van der Waals surface area contributed by atoms with Crippen molar-refractivity contribution in [1.29, 1.82) is 0 Å². The van der Waals surface area contributed by atoms with Crippen molar-refractivity contribution in [2.24, 2.45) is 0 Å². The summed E-state index contributed by atoms with van der Waals surface area (Å²) in [6.07, 6.45) is 0. The Balaban J connectivity index is 1.51. The van der Waals surface area contributed by atoms with Crippen LogP contribution in [0.4, 0.5) is 5.69 Å². The number of nitrogens with one attached hydrogen (secondary N) is 1. The highest BCUT2D eigenvalue weighted by molar-refractivity contribution is 7.99. The van der Waals surface area contributed by atoms with Crippen molar-refractivity contribution in [3.05, 3.63) is 88.7 Å². The molecule has 0 radical (unpaired) electrons. The van der Waals surface area contributed by atoms with Crippen LogP contribution in [0, 0.1) is 0 Å². The summed E-state index contributed by atoms with van der Waals surface area (Å²) in [5.41, 5.74) is 2.34. The molecule has 5 aromatic rings. The number of ether oxygens (including phenoxy) is 2. The number of benzene rings is 3. The molecule has 5 rings (SSSR count). The number of hydrogen-bond acceptors (Lipinski definition) is 7. The molecule has 36 heavy (non-hydrogen) atoms. The molecule has 0 saturated carbocycles. The Kier molecular flexibility index (Phi) is 6.64. The van der Waals surface area contributed by atoms with Gasteiger partial charge in [0.1, 0.15) is 22.6 Å². The number of furan rings is 1. The van der Waals surface area contributed by atoms with Gasteiger partial charge in [-0.15, -0.1) is 0 Å². The minimum absolute atomic E-state index is 0.0524. The van der Waals surface area contributed by atoms with E-state index in [1.807, 2.05) is 42.5 Å². The number of methoxy groups -OCH3 is 2. The van der Waals surface area contributed by atoms with Crippen LogP contribution in [0.1, 0.15) is 5.56 Å². The second-order valence-electron chi connectivity index (χ2n) is 7.94. The Morgan fingerprint density at radius 2 is 1.83 bits per heavy atom. The smallest absolute Gasteiger partial charge is 0.298 e. The van der Waals surface area contributed by atoms with Gasteiger partial charge >= 0.3 is 0 Å². The van der Waals surface area contributed by atoms with Gasteiger partial charge in [0.05, 0.1) is 26.5 Å². The predicted octanol–water partition coefficient (Wildman–Crippen LogP) is 4.94. The lowest BCUT2D eigenvalue weighted by molar-refractivity contribution is -0.113. The summed E-state index contributed by atoms with van der Waals surface area (Å²) in [4.78, 5) is 31.1. The highest BCUT2D eigenvalue weighted by Crippen LogP contribution is 2.28. The molecular weight excluding hydrogens is 478 g/mol. The van der Waals surface area contributed by atoms with Crippen LogP contribution in [0.5, 0.6) is 11.5 Å². The fourth-order valence-electron chi connectivity index (χ4n) is 3.93. The molecule has 182 valence electrons. The Bertz CT molecular complexity index is 1630. The van der Waals surface area contributed by atoms with Gasteiger partial charge in [0.15, 0.2) is 5.16 Å². The zero-order chi connectivity index (χ0) is 25.1. The number of carbonyl (C=O) groups excluding carboxylic acids is 1. The average Bonchev–Trinajstić information content (AvgIpc) is 3.28. The number of hydrogen-bond donors (Lipinski definition) is 1. The summed E-state index contributed by atoms with van der Waals surface area (Å²) in [5.74, 6) is 1.12. The SMILES string of the molecule is COc1cccc(NC(=O)CSc2nc3c(oc4ccccc43)c(=O)n2Cc2ccccc2OC)c1. The van der Waals surface area contributed by atoms with Gasteiger partial charge < -0.3 is 19.2 Å². The second kappa shape index (κ2) is 10.2. The van der Waals surface area contributed by atoms with Gasteiger partial charge in [0.2, 0.25) is 11.5 Å². The normalized spacial score (nSPS) is 11.1. The van der Waals surface area contributed by atoms with Gasteiger partial charge in [0, 0.05) is 22.7 Å². The molecule has 3 aromatic carbocycles. The molecule has 0 unspecified atom stereocenters. The molecule has 0 fully saturated rings. The molecule has 1 N–H and O–H groups in total. The van der Waals surface area contributed by atoms with Crippen LogP contribution in [-0.2, 0) is 11.3 Å². The number of fused-ring (bicyclic) bond motifs is 3. The van der Waals surface area contributed by atoms with Crippen LogP contribution in [0.3, 0.4) is 0 Å². The third-order valence-electron chi connectivity index (χ3n) is 5.65. The van der Waals surface area contributed by atoms with E-state index in [1.165, 1.54) is 16.3 Å². The highest BCUT2D eigenvalue weighted by atomic mass is 32.2. The van der Waals surface area contributed by atoms with Crippen molar-refractivity contribution in [2.75, 3.05) is 25.3 Å². The van der Waals surface area contributed by atoms with Crippen molar-refractivity contribution < 1.29 is 18.7 Å². The standard InChI is InChI=1S/C27H23N3O5S/c1-33-19-10-7-9-18(14-19)28-23(31)16-36-27-29-24-20-11-4-6-13-22(20)35-25(24)26(32)30(27)15-17-8-3-5-12-21(17)34-2/h3-14H,15-16H2,1-2H3,(H,28,31). The molecule has 1 amide bonds. The van der Waals surface area contributed by atoms with Gasteiger partial charge in [-0.1, -0.05) is 48.2 Å². The van der Waals surface area contributed by atoms with Crippen molar-refractivity contribution in [3.63, 3.8) is 0 Å². The fourth-order valence-corrected chi connectivity index (χ4v) is 4.73. The molecule has 0 saturated heterocycles. The zero-order valence-corrected chi connectivity index (χ0v) is 20.5. The van der Waals surface area contributed by atoms with Gasteiger partial charge in [-0.3, -0.25) is 14.2 Å². The van der Waals surface area contributed by atoms with Crippen molar-refractivity contribution in [1.82, 2.24) is 9.55 Å². The number of nitrogens with zero attached hydrogens (tertiary/aromatic N) is 2. The summed E-state index contributed by atoms with van der Waals surface area (Å²) in [5, 5.41) is 4.01.